The molecular formula is C24H30N4O4. The van der Waals surface area contributed by atoms with E-state index < -0.39 is 18.0 Å². The predicted molar refractivity (Wildman–Crippen MR) is 120 cm³/mol. The molecule has 4 rings (SSSR count). The maximum Gasteiger partial charge on any atom is 0.410 e. The first-order chi connectivity index (χ1) is 15.4. The highest BCUT2D eigenvalue weighted by atomic mass is 16.6. The molecule has 2 aliphatic rings. The van der Waals surface area contributed by atoms with Crippen LogP contribution in [0.5, 0.6) is 0 Å². The minimum atomic E-state index is -0.912. The summed E-state index contributed by atoms with van der Waals surface area (Å²) in [7, 11) is 0. The zero-order chi connectivity index (χ0) is 22.8. The van der Waals surface area contributed by atoms with Crippen LogP contribution < -0.4 is 5.73 Å². The van der Waals surface area contributed by atoms with Gasteiger partial charge in [-0.3, -0.25) is 19.5 Å². The minimum Gasteiger partial charge on any atom is -0.449 e. The Morgan fingerprint density at radius 2 is 1.97 bits per heavy atom. The summed E-state index contributed by atoms with van der Waals surface area (Å²) < 4.78 is 5.16. The molecule has 2 aromatic rings. The van der Waals surface area contributed by atoms with Crippen molar-refractivity contribution in [3.63, 3.8) is 0 Å². The van der Waals surface area contributed by atoms with Crippen LogP contribution in [0.2, 0.25) is 0 Å². The fraction of sp³-hybridized carbons (Fsp3) is 0.500. The van der Waals surface area contributed by atoms with Crippen LogP contribution in [-0.4, -0.2) is 65.0 Å². The fourth-order valence-corrected chi connectivity index (χ4v) is 4.68. The Balaban J connectivity index is 1.56. The molecule has 1 aromatic carbocycles. The maximum atomic E-state index is 13.2. The van der Waals surface area contributed by atoms with Crippen molar-refractivity contribution in [2.24, 2.45) is 5.73 Å². The maximum absolute atomic E-state index is 13.2. The van der Waals surface area contributed by atoms with Crippen molar-refractivity contribution in [2.45, 2.75) is 52.0 Å². The van der Waals surface area contributed by atoms with Gasteiger partial charge in [-0.15, -0.1) is 0 Å². The molecule has 8 nitrogen and oxygen atoms in total. The minimum absolute atomic E-state index is 0.0457. The number of ether oxygens (including phenoxy) is 1. The van der Waals surface area contributed by atoms with Crippen molar-refractivity contribution in [3.05, 3.63) is 40.6 Å². The Hall–Kier alpha value is -3.16. The number of nitrogens with zero attached hydrogens (tertiary/aromatic N) is 3. The quantitative estimate of drug-likeness (QED) is 0.790. The summed E-state index contributed by atoms with van der Waals surface area (Å²) in [4.78, 5) is 45.3. The molecule has 1 aliphatic heterocycles. The number of carbonyl (C=O) groups is 3. The lowest BCUT2D eigenvalue weighted by Gasteiger charge is -2.39. The zero-order valence-electron chi connectivity index (χ0n) is 18.7. The van der Waals surface area contributed by atoms with Gasteiger partial charge in [0, 0.05) is 29.7 Å². The molecule has 0 saturated carbocycles. The number of pyridine rings is 1. The van der Waals surface area contributed by atoms with E-state index in [0.717, 1.165) is 35.9 Å². The van der Waals surface area contributed by atoms with E-state index in [0.29, 0.717) is 18.5 Å². The van der Waals surface area contributed by atoms with Crippen LogP contribution >= 0.6 is 0 Å². The number of fused-ring (bicyclic) bond motifs is 2. The SMILES string of the molecule is CCCOC(=O)N1CCN(C(=O)c2ccc3c(C)c4c(nc3c2)CCCC4)CC1C(N)=O. The molecule has 170 valence electrons. The number of benzene rings is 1. The first kappa shape index (κ1) is 22.0. The van der Waals surface area contributed by atoms with Crippen molar-refractivity contribution in [2.75, 3.05) is 26.2 Å². The molecule has 32 heavy (non-hydrogen) atoms. The summed E-state index contributed by atoms with van der Waals surface area (Å²) in [5.74, 6) is -0.852. The zero-order valence-corrected chi connectivity index (χ0v) is 18.7. The molecule has 0 bridgehead atoms. The Morgan fingerprint density at radius 1 is 1.19 bits per heavy atom. The van der Waals surface area contributed by atoms with E-state index >= 15 is 0 Å². The highest BCUT2D eigenvalue weighted by Gasteiger charge is 2.37. The average molecular weight is 439 g/mol. The van der Waals surface area contributed by atoms with Gasteiger partial charge in [0.1, 0.15) is 6.04 Å². The highest BCUT2D eigenvalue weighted by Crippen LogP contribution is 2.29. The predicted octanol–water partition coefficient (Wildman–Crippen LogP) is 2.58. The monoisotopic (exact) mass is 438 g/mol. The molecule has 0 radical (unpaired) electrons. The summed E-state index contributed by atoms with van der Waals surface area (Å²) in [5, 5.41) is 1.07. The highest BCUT2D eigenvalue weighted by molar-refractivity contribution is 5.99. The van der Waals surface area contributed by atoms with Gasteiger partial charge in [0.15, 0.2) is 0 Å². The van der Waals surface area contributed by atoms with E-state index in [-0.39, 0.29) is 25.6 Å². The van der Waals surface area contributed by atoms with Crippen molar-refractivity contribution in [1.82, 2.24) is 14.8 Å². The number of primary amides is 1. The molecule has 0 spiro atoms. The molecule has 1 aliphatic carbocycles. The molecule has 8 heteroatoms. The topological polar surface area (TPSA) is 106 Å². The van der Waals surface area contributed by atoms with Crippen molar-refractivity contribution >= 4 is 28.8 Å². The summed E-state index contributed by atoms with van der Waals surface area (Å²) in [6.07, 6.45) is 4.48. The van der Waals surface area contributed by atoms with E-state index in [4.69, 9.17) is 15.5 Å². The molecule has 1 aromatic heterocycles. The van der Waals surface area contributed by atoms with Crippen molar-refractivity contribution in [1.29, 1.82) is 0 Å². The summed E-state index contributed by atoms with van der Waals surface area (Å²) in [6, 6.07) is 4.70. The van der Waals surface area contributed by atoms with Gasteiger partial charge in [0.2, 0.25) is 5.91 Å². The number of amides is 3. The smallest absolute Gasteiger partial charge is 0.410 e. The average Bonchev–Trinajstić information content (AvgIpc) is 2.81. The Kier molecular flexibility index (Phi) is 6.30. The molecule has 3 amide bonds. The number of hydrogen-bond donors (Lipinski definition) is 1. The van der Waals surface area contributed by atoms with E-state index in [1.165, 1.54) is 22.4 Å². The Labute approximate surface area is 187 Å². The third-order valence-electron chi connectivity index (χ3n) is 6.46. The second-order valence-corrected chi connectivity index (χ2v) is 8.58. The van der Waals surface area contributed by atoms with Crippen LogP contribution in [0.15, 0.2) is 18.2 Å². The van der Waals surface area contributed by atoms with Crippen LogP contribution in [0.3, 0.4) is 0 Å². The normalized spacial score (nSPS) is 18.4. The van der Waals surface area contributed by atoms with Crippen LogP contribution in [0.25, 0.3) is 10.9 Å². The van der Waals surface area contributed by atoms with Crippen LogP contribution in [0.4, 0.5) is 4.79 Å². The van der Waals surface area contributed by atoms with Gasteiger partial charge in [-0.1, -0.05) is 13.0 Å². The fourth-order valence-electron chi connectivity index (χ4n) is 4.68. The Bertz CT molecular complexity index is 1070. The van der Waals surface area contributed by atoms with Gasteiger partial charge in [-0.2, -0.15) is 0 Å². The lowest BCUT2D eigenvalue weighted by molar-refractivity contribution is -0.124. The number of hydrogen-bond acceptors (Lipinski definition) is 5. The van der Waals surface area contributed by atoms with Gasteiger partial charge in [0.05, 0.1) is 18.7 Å². The summed E-state index contributed by atoms with van der Waals surface area (Å²) in [6.45, 7) is 4.84. The number of aromatic nitrogens is 1. The van der Waals surface area contributed by atoms with Gasteiger partial charge in [-0.25, -0.2) is 4.79 Å². The third kappa shape index (κ3) is 4.13. The number of carbonyl (C=O) groups excluding carboxylic acids is 3. The van der Waals surface area contributed by atoms with E-state index in [2.05, 4.69) is 6.92 Å². The van der Waals surface area contributed by atoms with Crippen molar-refractivity contribution < 1.29 is 19.1 Å². The second-order valence-electron chi connectivity index (χ2n) is 8.58. The van der Waals surface area contributed by atoms with Gasteiger partial charge in [0.25, 0.3) is 5.91 Å². The lowest BCUT2D eigenvalue weighted by atomic mass is 9.90. The standard InChI is InChI=1S/C24H30N4O4/c1-3-12-32-24(31)28-11-10-27(14-21(28)22(25)29)23(30)16-8-9-18-15(2)17-6-4-5-7-19(17)26-20(18)13-16/h8-9,13,21H,3-7,10-12,14H2,1-2H3,(H2,25,29). The van der Waals surface area contributed by atoms with Crippen LogP contribution in [0.1, 0.15) is 53.4 Å². The largest absolute Gasteiger partial charge is 0.449 e. The first-order valence-corrected chi connectivity index (χ1v) is 11.3. The third-order valence-corrected chi connectivity index (χ3v) is 6.46. The van der Waals surface area contributed by atoms with Gasteiger partial charge >= 0.3 is 6.09 Å². The van der Waals surface area contributed by atoms with Crippen LogP contribution in [0, 0.1) is 6.92 Å². The molecule has 1 fully saturated rings. The first-order valence-electron chi connectivity index (χ1n) is 11.3. The van der Waals surface area contributed by atoms with E-state index in [1.807, 2.05) is 25.1 Å². The number of piperazine rings is 1. The molecular weight excluding hydrogens is 408 g/mol. The number of nitrogens with two attached hydrogens (primary N) is 1. The molecule has 1 saturated heterocycles. The molecule has 1 unspecified atom stereocenters. The van der Waals surface area contributed by atoms with Gasteiger partial charge < -0.3 is 15.4 Å². The van der Waals surface area contributed by atoms with Crippen molar-refractivity contribution in [3.8, 4) is 0 Å². The van der Waals surface area contributed by atoms with Gasteiger partial charge in [-0.05, 0) is 62.3 Å². The van der Waals surface area contributed by atoms with E-state index in [1.54, 1.807) is 4.90 Å². The van der Waals surface area contributed by atoms with Crippen LogP contribution in [-0.2, 0) is 22.4 Å². The molecule has 2 heterocycles. The molecule has 2 N–H and O–H groups in total. The summed E-state index contributed by atoms with van der Waals surface area (Å²) >= 11 is 0. The number of aryl methyl sites for hydroxylation is 2. The lowest BCUT2D eigenvalue weighted by Crippen LogP contribution is -2.61. The Morgan fingerprint density at radius 3 is 2.72 bits per heavy atom. The number of rotatable bonds is 4. The summed E-state index contributed by atoms with van der Waals surface area (Å²) in [5.41, 5.74) is 10.6. The second kappa shape index (κ2) is 9.14. The molecule has 1 atom stereocenters. The van der Waals surface area contributed by atoms with E-state index in [9.17, 15) is 14.4 Å².